The third-order valence-electron chi connectivity index (χ3n) is 5.87. The van der Waals surface area contributed by atoms with Crippen molar-refractivity contribution < 1.29 is 17.9 Å². The molecule has 0 radical (unpaired) electrons. The summed E-state index contributed by atoms with van der Waals surface area (Å²) in [7, 11) is -4.06. The molecule has 4 rings (SSSR count). The molecule has 0 spiro atoms. The molecule has 35 heavy (non-hydrogen) atoms. The van der Waals surface area contributed by atoms with Gasteiger partial charge in [-0.05, 0) is 55.5 Å². The van der Waals surface area contributed by atoms with Crippen molar-refractivity contribution >= 4 is 38.9 Å². The lowest BCUT2D eigenvalue weighted by Crippen LogP contribution is -2.52. The summed E-state index contributed by atoms with van der Waals surface area (Å²) < 4.78 is 34.2. The summed E-state index contributed by atoms with van der Waals surface area (Å²) in [6.07, 6.45) is 0. The third-order valence-corrected chi connectivity index (χ3v) is 7.89. The van der Waals surface area contributed by atoms with Gasteiger partial charge >= 0.3 is 0 Å². The largest absolute Gasteiger partial charge is 0.492 e. The van der Waals surface area contributed by atoms with Gasteiger partial charge in [-0.25, -0.2) is 8.42 Å². The van der Waals surface area contributed by atoms with Crippen LogP contribution in [-0.4, -0.2) is 58.6 Å². The molecular formula is C26H28ClN3O4S. The van der Waals surface area contributed by atoms with Crippen molar-refractivity contribution in [2.75, 3.05) is 48.5 Å². The molecule has 184 valence electrons. The van der Waals surface area contributed by atoms with Crippen molar-refractivity contribution in [1.82, 2.24) is 4.90 Å². The fourth-order valence-electron chi connectivity index (χ4n) is 4.05. The van der Waals surface area contributed by atoms with Gasteiger partial charge in [-0.1, -0.05) is 41.9 Å². The number of hydrogen-bond acceptors (Lipinski definition) is 5. The molecule has 9 heteroatoms. The first-order valence-corrected chi connectivity index (χ1v) is 13.3. The molecule has 0 atom stereocenters. The molecule has 3 aromatic carbocycles. The molecule has 0 N–H and O–H groups in total. The number of hydrogen-bond donors (Lipinski definition) is 0. The van der Waals surface area contributed by atoms with Gasteiger partial charge in [0.05, 0.1) is 17.2 Å². The molecule has 0 saturated carbocycles. The zero-order valence-corrected chi connectivity index (χ0v) is 21.1. The molecule has 1 saturated heterocycles. The lowest BCUT2D eigenvalue weighted by molar-refractivity contribution is -0.129. The van der Waals surface area contributed by atoms with Gasteiger partial charge in [0.1, 0.15) is 12.3 Å². The van der Waals surface area contributed by atoms with E-state index >= 15 is 0 Å². The van der Waals surface area contributed by atoms with Gasteiger partial charge in [0.2, 0.25) is 5.91 Å². The van der Waals surface area contributed by atoms with E-state index in [-0.39, 0.29) is 17.3 Å². The lowest BCUT2D eigenvalue weighted by atomic mass is 10.2. The van der Waals surface area contributed by atoms with Gasteiger partial charge in [-0.2, -0.15) is 0 Å². The molecular weight excluding hydrogens is 486 g/mol. The Kier molecular flexibility index (Phi) is 7.83. The maximum absolute atomic E-state index is 13.7. The second kappa shape index (κ2) is 11.0. The molecule has 1 amide bonds. The van der Waals surface area contributed by atoms with E-state index in [1.807, 2.05) is 37.3 Å². The number of benzene rings is 3. The number of halogens is 1. The van der Waals surface area contributed by atoms with Crippen LogP contribution in [0.3, 0.4) is 0 Å². The van der Waals surface area contributed by atoms with E-state index < -0.39 is 10.0 Å². The fraction of sp³-hybridized carbons (Fsp3) is 0.269. The first kappa shape index (κ1) is 24.9. The Hall–Kier alpha value is -3.23. The highest BCUT2D eigenvalue weighted by Crippen LogP contribution is 2.33. The average molecular weight is 514 g/mol. The maximum atomic E-state index is 13.7. The van der Waals surface area contributed by atoms with Crippen LogP contribution in [0.5, 0.6) is 5.75 Å². The summed E-state index contributed by atoms with van der Waals surface area (Å²) in [6.45, 7) is 4.23. The zero-order valence-electron chi connectivity index (χ0n) is 19.5. The van der Waals surface area contributed by atoms with E-state index in [1.165, 1.54) is 24.3 Å². The van der Waals surface area contributed by atoms with Crippen molar-refractivity contribution in [3.63, 3.8) is 0 Å². The van der Waals surface area contributed by atoms with Gasteiger partial charge in [-0.15, -0.1) is 0 Å². The summed E-state index contributed by atoms with van der Waals surface area (Å²) in [5.41, 5.74) is 1.43. The van der Waals surface area contributed by atoms with Crippen LogP contribution in [-0.2, 0) is 14.8 Å². The molecule has 0 unspecified atom stereocenters. The zero-order chi connectivity index (χ0) is 24.8. The summed E-state index contributed by atoms with van der Waals surface area (Å²) in [6, 6.07) is 22.8. The number of sulfonamides is 1. The minimum Gasteiger partial charge on any atom is -0.492 e. The number of anilines is 2. The number of carbonyl (C=O) groups is 1. The Balaban J connectivity index is 1.59. The van der Waals surface area contributed by atoms with Crippen molar-refractivity contribution in [1.29, 1.82) is 0 Å². The summed E-state index contributed by atoms with van der Waals surface area (Å²) in [5.74, 6) is 0.135. The SMILES string of the molecule is CCOc1ccccc1N(CC(=O)N1CCN(c2ccccc2)CC1)S(=O)(=O)c1ccc(Cl)cc1. The fourth-order valence-corrected chi connectivity index (χ4v) is 5.60. The number of nitrogens with zero attached hydrogens (tertiary/aromatic N) is 3. The topological polar surface area (TPSA) is 70.2 Å². The van der Waals surface area contributed by atoms with Gasteiger partial charge in [0.15, 0.2) is 0 Å². The molecule has 0 aromatic heterocycles. The van der Waals surface area contributed by atoms with Crippen molar-refractivity contribution in [2.45, 2.75) is 11.8 Å². The molecule has 1 heterocycles. The van der Waals surface area contributed by atoms with Gasteiger partial charge in [0, 0.05) is 36.9 Å². The monoisotopic (exact) mass is 513 g/mol. The minimum absolute atomic E-state index is 0.0508. The lowest BCUT2D eigenvalue weighted by Gasteiger charge is -2.37. The quantitative estimate of drug-likeness (QED) is 0.449. The summed E-state index contributed by atoms with van der Waals surface area (Å²) in [4.78, 5) is 17.4. The van der Waals surface area contributed by atoms with Crippen LogP contribution in [0.1, 0.15) is 6.92 Å². The van der Waals surface area contributed by atoms with Crippen molar-refractivity contribution in [3.8, 4) is 5.75 Å². The highest BCUT2D eigenvalue weighted by molar-refractivity contribution is 7.92. The first-order chi connectivity index (χ1) is 16.9. The molecule has 3 aromatic rings. The summed E-state index contributed by atoms with van der Waals surface area (Å²) >= 11 is 5.97. The van der Waals surface area contributed by atoms with Gasteiger partial charge in [-0.3, -0.25) is 9.10 Å². The molecule has 7 nitrogen and oxygen atoms in total. The predicted molar refractivity (Wildman–Crippen MR) is 139 cm³/mol. The van der Waals surface area contributed by atoms with Crippen LogP contribution in [0.15, 0.2) is 83.8 Å². The van der Waals surface area contributed by atoms with E-state index in [4.69, 9.17) is 16.3 Å². The van der Waals surface area contributed by atoms with Crippen LogP contribution in [0.2, 0.25) is 5.02 Å². The molecule has 0 bridgehead atoms. The highest BCUT2D eigenvalue weighted by atomic mass is 35.5. The Labute approximate surface area is 211 Å². The maximum Gasteiger partial charge on any atom is 0.264 e. The smallest absolute Gasteiger partial charge is 0.264 e. The highest BCUT2D eigenvalue weighted by Gasteiger charge is 2.32. The third kappa shape index (κ3) is 5.71. The van der Waals surface area contributed by atoms with E-state index in [0.29, 0.717) is 49.2 Å². The molecule has 1 aliphatic rings. The molecule has 1 aliphatic heterocycles. The van der Waals surface area contributed by atoms with Gasteiger partial charge < -0.3 is 14.5 Å². The van der Waals surface area contributed by atoms with E-state index in [1.54, 1.807) is 29.2 Å². The predicted octanol–water partition coefficient (Wildman–Crippen LogP) is 4.28. The number of piperazine rings is 1. The number of para-hydroxylation sites is 3. The number of amides is 1. The van der Waals surface area contributed by atoms with E-state index in [2.05, 4.69) is 4.90 Å². The first-order valence-electron chi connectivity index (χ1n) is 11.5. The standard InChI is InChI=1S/C26H28ClN3O4S/c1-2-34-25-11-7-6-10-24(25)30(35(32,33)23-14-12-21(27)13-15-23)20-26(31)29-18-16-28(17-19-29)22-8-4-3-5-9-22/h3-15H,2,16-20H2,1H3. The number of rotatable bonds is 8. The minimum atomic E-state index is -4.06. The second-order valence-electron chi connectivity index (χ2n) is 8.07. The summed E-state index contributed by atoms with van der Waals surface area (Å²) in [5, 5.41) is 0.428. The van der Waals surface area contributed by atoms with Crippen molar-refractivity contribution in [3.05, 3.63) is 83.9 Å². The molecule has 0 aliphatic carbocycles. The van der Waals surface area contributed by atoms with Gasteiger partial charge in [0.25, 0.3) is 10.0 Å². The Morgan fingerprint density at radius 2 is 1.54 bits per heavy atom. The van der Waals surface area contributed by atoms with Crippen LogP contribution in [0, 0.1) is 0 Å². The number of ether oxygens (including phenoxy) is 1. The Morgan fingerprint density at radius 3 is 2.20 bits per heavy atom. The van der Waals surface area contributed by atoms with E-state index in [0.717, 1.165) is 9.99 Å². The van der Waals surface area contributed by atoms with Crippen LogP contribution < -0.4 is 13.9 Å². The average Bonchev–Trinajstić information content (AvgIpc) is 2.88. The second-order valence-corrected chi connectivity index (χ2v) is 10.4. The van der Waals surface area contributed by atoms with Crippen LogP contribution in [0.25, 0.3) is 0 Å². The Morgan fingerprint density at radius 1 is 0.914 bits per heavy atom. The van der Waals surface area contributed by atoms with E-state index in [9.17, 15) is 13.2 Å². The number of carbonyl (C=O) groups excluding carboxylic acids is 1. The molecule has 1 fully saturated rings. The van der Waals surface area contributed by atoms with Crippen molar-refractivity contribution in [2.24, 2.45) is 0 Å². The Bertz CT molecular complexity index is 1250. The van der Waals surface area contributed by atoms with Crippen LogP contribution >= 0.6 is 11.6 Å². The normalized spacial score (nSPS) is 14.0. The van der Waals surface area contributed by atoms with Crippen LogP contribution in [0.4, 0.5) is 11.4 Å².